The number of likely N-dealkylation sites (N-methyl/N-ethyl adjacent to an activating group) is 1. The molecule has 0 radical (unpaired) electrons. The molecule has 1 amide bonds. The Balaban J connectivity index is 1.43. The highest BCUT2D eigenvalue weighted by Crippen LogP contribution is 2.27. The van der Waals surface area contributed by atoms with Crippen LogP contribution in [0.15, 0.2) is 24.3 Å². The Kier molecular flexibility index (Phi) is 5.71. The normalized spacial score (nSPS) is 21.7. The minimum absolute atomic E-state index is 0.133. The fourth-order valence-corrected chi connectivity index (χ4v) is 3.93. The maximum Gasteiger partial charge on any atom is 0.222 e. The van der Waals surface area contributed by atoms with Crippen LogP contribution in [0.5, 0.6) is 0 Å². The van der Waals surface area contributed by atoms with E-state index >= 15 is 0 Å². The molecule has 1 aliphatic heterocycles. The third kappa shape index (κ3) is 4.57. The summed E-state index contributed by atoms with van der Waals surface area (Å²) in [6.45, 7) is 1.38. The molecule has 3 rings (SSSR count). The Morgan fingerprint density at radius 2 is 1.91 bits per heavy atom. The molecular weight excluding hydrogens is 286 g/mol. The first-order valence-corrected chi connectivity index (χ1v) is 9.14. The van der Waals surface area contributed by atoms with Crippen LogP contribution in [0.3, 0.4) is 0 Å². The van der Waals surface area contributed by atoms with Crippen LogP contribution in [-0.2, 0) is 22.6 Å². The molecular formula is C20H29NO2. The van der Waals surface area contributed by atoms with Crippen molar-refractivity contribution in [3.63, 3.8) is 0 Å². The lowest BCUT2D eigenvalue weighted by atomic mass is 9.86. The van der Waals surface area contributed by atoms with Crippen molar-refractivity contribution in [2.24, 2.45) is 5.92 Å². The molecule has 3 nitrogen and oxygen atoms in total. The highest BCUT2D eigenvalue weighted by atomic mass is 16.5. The predicted molar refractivity (Wildman–Crippen MR) is 92.2 cm³/mol. The van der Waals surface area contributed by atoms with Gasteiger partial charge in [-0.1, -0.05) is 56.4 Å². The Hall–Kier alpha value is -1.35. The number of hydrogen-bond donors (Lipinski definition) is 0. The number of hydrogen-bond acceptors (Lipinski definition) is 2. The van der Waals surface area contributed by atoms with Crippen LogP contribution in [-0.4, -0.2) is 30.5 Å². The molecule has 1 aliphatic carbocycles. The molecule has 2 aliphatic rings. The number of amides is 1. The molecule has 1 atom stereocenters. The topological polar surface area (TPSA) is 29.5 Å². The highest BCUT2D eigenvalue weighted by molar-refractivity contribution is 5.75. The second-order valence-corrected chi connectivity index (χ2v) is 7.22. The molecule has 1 unspecified atom stereocenters. The van der Waals surface area contributed by atoms with Crippen molar-refractivity contribution in [1.82, 2.24) is 4.90 Å². The molecule has 0 saturated heterocycles. The average molecular weight is 315 g/mol. The van der Waals surface area contributed by atoms with Gasteiger partial charge in [0.15, 0.2) is 0 Å². The summed E-state index contributed by atoms with van der Waals surface area (Å²) >= 11 is 0. The van der Waals surface area contributed by atoms with Crippen molar-refractivity contribution in [3.8, 4) is 0 Å². The van der Waals surface area contributed by atoms with E-state index in [1.54, 1.807) is 0 Å². The van der Waals surface area contributed by atoms with Crippen LogP contribution < -0.4 is 0 Å². The molecule has 126 valence electrons. The summed E-state index contributed by atoms with van der Waals surface area (Å²) < 4.78 is 5.93. The third-order valence-corrected chi connectivity index (χ3v) is 5.43. The van der Waals surface area contributed by atoms with Gasteiger partial charge < -0.3 is 9.64 Å². The van der Waals surface area contributed by atoms with Crippen molar-refractivity contribution in [1.29, 1.82) is 0 Å². The van der Waals surface area contributed by atoms with Crippen molar-refractivity contribution in [2.75, 3.05) is 13.6 Å². The summed E-state index contributed by atoms with van der Waals surface area (Å²) in [6, 6.07) is 8.45. The fraction of sp³-hybridized carbons (Fsp3) is 0.650. The van der Waals surface area contributed by atoms with Gasteiger partial charge in [-0.3, -0.25) is 4.79 Å². The number of nitrogens with zero attached hydrogens (tertiary/aromatic N) is 1. The van der Waals surface area contributed by atoms with Crippen LogP contribution in [0.2, 0.25) is 0 Å². The molecule has 0 aromatic heterocycles. The van der Waals surface area contributed by atoms with E-state index in [0.717, 1.165) is 18.8 Å². The standard InChI is InChI=1S/C20H29NO2/c1-21(20(22)12-11-16-7-3-2-4-8-16)14-19-13-17-9-5-6-10-18(17)15-23-19/h5-6,9-10,16,19H,2-4,7-8,11-15H2,1H3. The molecule has 1 fully saturated rings. The second kappa shape index (κ2) is 7.96. The number of fused-ring (bicyclic) bond motifs is 1. The highest BCUT2D eigenvalue weighted by Gasteiger charge is 2.22. The van der Waals surface area contributed by atoms with Crippen molar-refractivity contribution in [3.05, 3.63) is 35.4 Å². The lowest BCUT2D eigenvalue weighted by Crippen LogP contribution is -2.38. The van der Waals surface area contributed by atoms with Crippen LogP contribution in [0, 0.1) is 5.92 Å². The Labute approximate surface area is 140 Å². The maximum atomic E-state index is 12.4. The minimum Gasteiger partial charge on any atom is -0.371 e. The van der Waals surface area contributed by atoms with E-state index < -0.39 is 0 Å². The summed E-state index contributed by atoms with van der Waals surface area (Å²) in [5.41, 5.74) is 2.65. The molecule has 3 heteroatoms. The Bertz CT molecular complexity index is 522. The van der Waals surface area contributed by atoms with Gasteiger partial charge in [0.05, 0.1) is 12.7 Å². The Morgan fingerprint density at radius 3 is 2.70 bits per heavy atom. The van der Waals surface area contributed by atoms with Gasteiger partial charge in [0, 0.05) is 26.4 Å². The number of carbonyl (C=O) groups is 1. The van der Waals surface area contributed by atoms with E-state index in [2.05, 4.69) is 24.3 Å². The van der Waals surface area contributed by atoms with E-state index in [1.165, 1.54) is 43.2 Å². The van der Waals surface area contributed by atoms with Crippen molar-refractivity contribution >= 4 is 5.91 Å². The molecule has 1 heterocycles. The summed E-state index contributed by atoms with van der Waals surface area (Å²) in [4.78, 5) is 14.3. The van der Waals surface area contributed by atoms with Crippen LogP contribution >= 0.6 is 0 Å². The summed E-state index contributed by atoms with van der Waals surface area (Å²) in [5, 5.41) is 0. The first-order chi connectivity index (χ1) is 11.2. The maximum absolute atomic E-state index is 12.4. The van der Waals surface area contributed by atoms with Gasteiger partial charge in [0.25, 0.3) is 0 Å². The SMILES string of the molecule is CN(CC1Cc2ccccc2CO1)C(=O)CCC1CCCCC1. The largest absolute Gasteiger partial charge is 0.371 e. The average Bonchev–Trinajstić information content (AvgIpc) is 2.60. The van der Waals surface area contributed by atoms with Crippen LogP contribution in [0.1, 0.15) is 56.1 Å². The van der Waals surface area contributed by atoms with Gasteiger partial charge in [-0.15, -0.1) is 0 Å². The number of carbonyl (C=O) groups excluding carboxylic acids is 1. The van der Waals surface area contributed by atoms with E-state index in [0.29, 0.717) is 19.6 Å². The van der Waals surface area contributed by atoms with Crippen molar-refractivity contribution < 1.29 is 9.53 Å². The van der Waals surface area contributed by atoms with Gasteiger partial charge in [-0.2, -0.15) is 0 Å². The lowest BCUT2D eigenvalue weighted by Gasteiger charge is -2.29. The summed E-state index contributed by atoms with van der Waals surface area (Å²) in [5.74, 6) is 1.05. The number of ether oxygens (including phenoxy) is 1. The van der Waals surface area contributed by atoms with Crippen LogP contribution in [0.25, 0.3) is 0 Å². The van der Waals surface area contributed by atoms with E-state index in [4.69, 9.17) is 4.74 Å². The number of rotatable bonds is 5. The van der Waals surface area contributed by atoms with Gasteiger partial charge in [0.2, 0.25) is 5.91 Å². The quantitative estimate of drug-likeness (QED) is 0.823. The van der Waals surface area contributed by atoms with E-state index in [-0.39, 0.29) is 12.0 Å². The molecule has 0 spiro atoms. The summed E-state index contributed by atoms with van der Waals surface area (Å²) in [6.07, 6.45) is 9.53. The third-order valence-electron chi connectivity index (χ3n) is 5.43. The zero-order chi connectivity index (χ0) is 16.1. The van der Waals surface area contributed by atoms with Gasteiger partial charge in [0.1, 0.15) is 0 Å². The second-order valence-electron chi connectivity index (χ2n) is 7.22. The molecule has 23 heavy (non-hydrogen) atoms. The van der Waals surface area contributed by atoms with E-state index in [9.17, 15) is 4.79 Å². The molecule has 1 aromatic rings. The molecule has 0 bridgehead atoms. The van der Waals surface area contributed by atoms with Crippen molar-refractivity contribution in [2.45, 2.75) is 64.1 Å². The minimum atomic E-state index is 0.133. The lowest BCUT2D eigenvalue weighted by molar-refractivity contribution is -0.132. The molecule has 0 N–H and O–H groups in total. The fourth-order valence-electron chi connectivity index (χ4n) is 3.93. The molecule has 1 aromatic carbocycles. The smallest absolute Gasteiger partial charge is 0.222 e. The monoisotopic (exact) mass is 315 g/mol. The Morgan fingerprint density at radius 1 is 1.17 bits per heavy atom. The molecule has 1 saturated carbocycles. The first-order valence-electron chi connectivity index (χ1n) is 9.14. The predicted octanol–water partition coefficient (Wildman–Crippen LogP) is 3.95. The van der Waals surface area contributed by atoms with E-state index in [1.807, 2.05) is 11.9 Å². The first kappa shape index (κ1) is 16.5. The van der Waals surface area contributed by atoms with Gasteiger partial charge in [-0.05, 0) is 23.5 Å². The number of benzene rings is 1. The summed E-state index contributed by atoms with van der Waals surface area (Å²) in [7, 11) is 1.92. The van der Waals surface area contributed by atoms with Gasteiger partial charge in [-0.25, -0.2) is 0 Å². The van der Waals surface area contributed by atoms with Gasteiger partial charge >= 0.3 is 0 Å². The van der Waals surface area contributed by atoms with Crippen LogP contribution in [0.4, 0.5) is 0 Å². The zero-order valence-electron chi connectivity index (χ0n) is 14.3. The zero-order valence-corrected chi connectivity index (χ0v) is 14.3.